The number of rotatable bonds is 3. The smallest absolute Gasteiger partial charge is 0.246 e. The van der Waals surface area contributed by atoms with Gasteiger partial charge in [-0.3, -0.25) is 9.59 Å². The van der Waals surface area contributed by atoms with Crippen LogP contribution in [0.5, 0.6) is 0 Å². The highest BCUT2D eigenvalue weighted by molar-refractivity contribution is 6.30. The fraction of sp³-hybridized carbons (Fsp3) is 0.467. The molecule has 21 heavy (non-hydrogen) atoms. The molecule has 1 aromatic rings. The quantitative estimate of drug-likeness (QED) is 0.929. The third kappa shape index (κ3) is 2.29. The number of amides is 2. The second kappa shape index (κ2) is 4.98. The summed E-state index contributed by atoms with van der Waals surface area (Å²) in [5.41, 5.74) is -0.568. The van der Waals surface area contributed by atoms with E-state index in [1.54, 1.807) is 19.1 Å². The largest absolute Gasteiger partial charge is 0.345 e. The van der Waals surface area contributed by atoms with Gasteiger partial charge in [0.25, 0.3) is 0 Å². The van der Waals surface area contributed by atoms with Gasteiger partial charge in [-0.2, -0.15) is 0 Å². The first kappa shape index (κ1) is 14.3. The van der Waals surface area contributed by atoms with Gasteiger partial charge in [0.2, 0.25) is 11.8 Å². The van der Waals surface area contributed by atoms with Crippen molar-refractivity contribution in [3.8, 4) is 0 Å². The molecule has 0 aromatic heterocycles. The average molecular weight is 311 g/mol. The van der Waals surface area contributed by atoms with Crippen LogP contribution < -0.4 is 5.32 Å². The van der Waals surface area contributed by atoms with E-state index in [0.717, 1.165) is 12.8 Å². The number of carbonyl (C=O) groups is 2. The lowest BCUT2D eigenvalue weighted by Crippen LogP contribution is -2.66. The number of nitrogens with zero attached hydrogens (tertiary/aromatic N) is 1. The minimum Gasteiger partial charge on any atom is -0.345 e. The topological polar surface area (TPSA) is 49.4 Å². The lowest BCUT2D eigenvalue weighted by Gasteiger charge is -2.44. The summed E-state index contributed by atoms with van der Waals surface area (Å²) >= 11 is 5.78. The molecule has 112 valence electrons. The van der Waals surface area contributed by atoms with E-state index in [2.05, 4.69) is 5.32 Å². The number of carbonyl (C=O) groups excluding carboxylic acids is 2. The summed E-state index contributed by atoms with van der Waals surface area (Å²) in [6.45, 7) is 1.79. The zero-order chi connectivity index (χ0) is 15.2. The lowest BCUT2D eigenvalue weighted by molar-refractivity contribution is -0.155. The van der Waals surface area contributed by atoms with E-state index in [-0.39, 0.29) is 35.8 Å². The number of nitrogens with one attached hydrogen (secondary N) is 1. The number of hydrogen-bond donors (Lipinski definition) is 1. The number of halogens is 2. The van der Waals surface area contributed by atoms with Crippen LogP contribution in [0.3, 0.4) is 0 Å². The molecular weight excluding hydrogens is 295 g/mol. The maximum Gasteiger partial charge on any atom is 0.246 e. The summed E-state index contributed by atoms with van der Waals surface area (Å²) in [6, 6.07) is 4.70. The van der Waals surface area contributed by atoms with E-state index >= 15 is 0 Å². The van der Waals surface area contributed by atoms with Crippen molar-refractivity contribution in [1.82, 2.24) is 10.2 Å². The van der Waals surface area contributed by atoms with Gasteiger partial charge in [0.1, 0.15) is 11.4 Å². The molecule has 4 nitrogen and oxygen atoms in total. The maximum absolute atomic E-state index is 14.1. The molecular formula is C15H16ClFN2O2. The summed E-state index contributed by atoms with van der Waals surface area (Å²) in [6.07, 6.45) is 1.82. The van der Waals surface area contributed by atoms with Gasteiger partial charge in [0.15, 0.2) is 0 Å². The Balaban J connectivity index is 1.95. The number of benzene rings is 1. The Hall–Kier alpha value is -1.62. The molecule has 1 saturated carbocycles. The van der Waals surface area contributed by atoms with Crippen molar-refractivity contribution >= 4 is 23.4 Å². The van der Waals surface area contributed by atoms with Crippen LogP contribution in [0.15, 0.2) is 18.2 Å². The molecule has 0 bridgehead atoms. The van der Waals surface area contributed by atoms with E-state index in [1.165, 1.54) is 11.0 Å². The van der Waals surface area contributed by atoms with Gasteiger partial charge in [-0.25, -0.2) is 4.39 Å². The van der Waals surface area contributed by atoms with Crippen LogP contribution in [0.4, 0.5) is 4.39 Å². The van der Waals surface area contributed by atoms with Crippen LogP contribution in [0, 0.1) is 11.7 Å². The van der Waals surface area contributed by atoms with Crippen LogP contribution in [-0.4, -0.2) is 28.8 Å². The molecule has 1 saturated heterocycles. The van der Waals surface area contributed by atoms with E-state index in [9.17, 15) is 14.0 Å². The molecule has 1 atom stereocenters. The van der Waals surface area contributed by atoms with Gasteiger partial charge in [0, 0.05) is 12.1 Å². The zero-order valence-electron chi connectivity index (χ0n) is 11.7. The molecule has 0 spiro atoms. The van der Waals surface area contributed by atoms with Gasteiger partial charge < -0.3 is 10.2 Å². The fourth-order valence-electron chi connectivity index (χ4n) is 2.96. The molecule has 1 unspecified atom stereocenters. The van der Waals surface area contributed by atoms with Crippen LogP contribution >= 0.6 is 11.6 Å². The van der Waals surface area contributed by atoms with E-state index in [1.807, 2.05) is 0 Å². The van der Waals surface area contributed by atoms with Gasteiger partial charge in [-0.05, 0) is 31.7 Å². The Morgan fingerprint density at radius 2 is 2.14 bits per heavy atom. The number of hydrogen-bond acceptors (Lipinski definition) is 2. The molecule has 2 fully saturated rings. The van der Waals surface area contributed by atoms with Crippen molar-refractivity contribution in [3.05, 3.63) is 34.6 Å². The van der Waals surface area contributed by atoms with Crippen molar-refractivity contribution in [3.63, 3.8) is 0 Å². The Morgan fingerprint density at radius 1 is 1.43 bits per heavy atom. The Kier molecular flexibility index (Phi) is 3.40. The van der Waals surface area contributed by atoms with Gasteiger partial charge >= 0.3 is 0 Å². The summed E-state index contributed by atoms with van der Waals surface area (Å²) in [4.78, 5) is 26.0. The SMILES string of the molecule is CC1(C2CC2)C(=O)NCC(=O)N1Cc1cccc(Cl)c1F. The van der Waals surface area contributed by atoms with Crippen LogP contribution in [0.2, 0.25) is 5.02 Å². The van der Waals surface area contributed by atoms with E-state index in [4.69, 9.17) is 11.6 Å². The minimum atomic E-state index is -0.899. The first-order valence-electron chi connectivity index (χ1n) is 6.96. The molecule has 2 amide bonds. The third-order valence-corrected chi connectivity index (χ3v) is 4.75. The van der Waals surface area contributed by atoms with Crippen molar-refractivity contribution in [1.29, 1.82) is 0 Å². The molecule has 1 N–H and O–H groups in total. The normalized spacial score (nSPS) is 26.0. The maximum atomic E-state index is 14.1. The van der Waals surface area contributed by atoms with Crippen molar-refractivity contribution in [2.75, 3.05) is 6.54 Å². The van der Waals surface area contributed by atoms with Crippen LogP contribution in [0.1, 0.15) is 25.3 Å². The summed E-state index contributed by atoms with van der Waals surface area (Å²) in [5.74, 6) is -0.740. The molecule has 6 heteroatoms. The van der Waals surface area contributed by atoms with Gasteiger partial charge in [-0.1, -0.05) is 23.7 Å². The molecule has 1 aliphatic carbocycles. The minimum absolute atomic E-state index is 0.0227. The predicted octanol–water partition coefficient (Wildman–Crippen LogP) is 2.11. The highest BCUT2D eigenvalue weighted by atomic mass is 35.5. The highest BCUT2D eigenvalue weighted by Crippen LogP contribution is 2.44. The molecule has 0 radical (unpaired) electrons. The molecule has 1 aliphatic heterocycles. The first-order chi connectivity index (χ1) is 9.94. The molecule has 3 rings (SSSR count). The second-order valence-corrected chi connectivity index (χ2v) is 6.20. The summed E-state index contributed by atoms with van der Waals surface area (Å²) < 4.78 is 14.1. The van der Waals surface area contributed by atoms with Gasteiger partial charge in [0.05, 0.1) is 11.6 Å². The van der Waals surface area contributed by atoms with Crippen molar-refractivity contribution < 1.29 is 14.0 Å². The summed E-state index contributed by atoms with van der Waals surface area (Å²) in [7, 11) is 0. The third-order valence-electron chi connectivity index (χ3n) is 4.45. The predicted molar refractivity (Wildman–Crippen MR) is 76.1 cm³/mol. The first-order valence-corrected chi connectivity index (χ1v) is 7.34. The van der Waals surface area contributed by atoms with E-state index < -0.39 is 11.4 Å². The molecule has 1 aromatic carbocycles. The Morgan fingerprint density at radius 3 is 2.81 bits per heavy atom. The highest BCUT2D eigenvalue weighted by Gasteiger charge is 2.54. The molecule has 2 aliphatic rings. The second-order valence-electron chi connectivity index (χ2n) is 5.80. The van der Waals surface area contributed by atoms with Crippen molar-refractivity contribution in [2.24, 2.45) is 5.92 Å². The molecule has 1 heterocycles. The van der Waals surface area contributed by atoms with Crippen LogP contribution in [0.25, 0.3) is 0 Å². The fourth-order valence-corrected chi connectivity index (χ4v) is 3.15. The van der Waals surface area contributed by atoms with Crippen molar-refractivity contribution in [2.45, 2.75) is 31.8 Å². The average Bonchev–Trinajstić information content (AvgIpc) is 3.28. The van der Waals surface area contributed by atoms with Crippen LogP contribution in [-0.2, 0) is 16.1 Å². The lowest BCUT2D eigenvalue weighted by atomic mass is 9.89. The van der Waals surface area contributed by atoms with Gasteiger partial charge in [-0.15, -0.1) is 0 Å². The van der Waals surface area contributed by atoms with E-state index in [0.29, 0.717) is 5.56 Å². The monoisotopic (exact) mass is 310 g/mol. The summed E-state index contributed by atoms with van der Waals surface area (Å²) in [5, 5.41) is 2.66. The standard InChI is InChI=1S/C15H16ClFN2O2/c1-15(10-5-6-10)14(21)18-7-12(20)19(15)8-9-3-2-4-11(16)13(9)17/h2-4,10H,5-8H2,1H3,(H,18,21). The zero-order valence-corrected chi connectivity index (χ0v) is 12.4. The Labute approximate surface area is 127 Å². The Bertz CT molecular complexity index is 618. The number of piperazine rings is 1.